The number of alkyl carbamates (subject to hydrolysis) is 1. The molecule has 0 saturated carbocycles. The second-order valence-electron chi connectivity index (χ2n) is 6.15. The van der Waals surface area contributed by atoms with E-state index in [0.29, 0.717) is 16.7 Å². The Balaban J connectivity index is 0.000000269. The first-order valence-corrected chi connectivity index (χ1v) is 9.42. The van der Waals surface area contributed by atoms with E-state index in [1.807, 2.05) is 6.07 Å². The second kappa shape index (κ2) is 10.1. The quantitative estimate of drug-likeness (QED) is 0.499. The van der Waals surface area contributed by atoms with Crippen LogP contribution in [0.5, 0.6) is 0 Å². The zero-order chi connectivity index (χ0) is 21.5. The fourth-order valence-electron chi connectivity index (χ4n) is 2.48. The van der Waals surface area contributed by atoms with Crippen LogP contribution in [0.2, 0.25) is 10.0 Å². The summed E-state index contributed by atoms with van der Waals surface area (Å²) in [6.45, 7) is 0.293. The number of amides is 1. The van der Waals surface area contributed by atoms with Crippen LogP contribution in [0.25, 0.3) is 0 Å². The molecule has 0 bridgehead atoms. The lowest BCUT2D eigenvalue weighted by atomic mass is 10.1. The molecule has 8 heteroatoms. The molecule has 0 aliphatic carbocycles. The van der Waals surface area contributed by atoms with Crippen molar-refractivity contribution in [1.82, 2.24) is 10.3 Å². The average Bonchev–Trinajstić information content (AvgIpc) is 3.15. The number of carbonyl (C=O) groups is 1. The Hall–Kier alpha value is -3.14. The van der Waals surface area contributed by atoms with Gasteiger partial charge in [-0.25, -0.2) is 13.6 Å². The first-order chi connectivity index (χ1) is 14.4. The Morgan fingerprint density at radius 2 is 1.53 bits per heavy atom. The van der Waals surface area contributed by atoms with E-state index in [1.165, 1.54) is 0 Å². The number of hydrogen-bond acceptors (Lipinski definition) is 3. The number of rotatable bonds is 1. The molecule has 4 nitrogen and oxygen atoms in total. The van der Waals surface area contributed by atoms with Gasteiger partial charge in [0.2, 0.25) is 0 Å². The Morgan fingerprint density at radius 3 is 2.10 bits per heavy atom. The first kappa shape index (κ1) is 21.6. The molecule has 2 heterocycles. The van der Waals surface area contributed by atoms with Gasteiger partial charge in [-0.05, 0) is 54.1 Å². The average molecular weight is 447 g/mol. The third kappa shape index (κ3) is 6.45. The number of pyridine rings is 1. The van der Waals surface area contributed by atoms with E-state index in [2.05, 4.69) is 22.1 Å². The van der Waals surface area contributed by atoms with E-state index < -0.39 is 17.7 Å². The van der Waals surface area contributed by atoms with E-state index >= 15 is 0 Å². The lowest BCUT2D eigenvalue weighted by Crippen LogP contribution is -2.18. The molecule has 1 aromatic heterocycles. The molecule has 0 radical (unpaired) electrons. The van der Waals surface area contributed by atoms with Gasteiger partial charge in [-0.2, -0.15) is 0 Å². The van der Waals surface area contributed by atoms with Crippen molar-refractivity contribution < 1.29 is 18.3 Å². The Bertz CT molecular complexity index is 1070. The zero-order valence-corrected chi connectivity index (χ0v) is 16.8. The normalized spacial score (nSPS) is 14.5. The first-order valence-electron chi connectivity index (χ1n) is 8.66. The largest absolute Gasteiger partial charge is 0.447 e. The van der Waals surface area contributed by atoms with Crippen LogP contribution in [0.4, 0.5) is 13.6 Å². The highest BCUT2D eigenvalue weighted by Gasteiger charge is 2.23. The van der Waals surface area contributed by atoms with Crippen molar-refractivity contribution in [3.8, 4) is 11.8 Å². The number of halogens is 4. The molecule has 30 heavy (non-hydrogen) atoms. The SMILES string of the molecule is Fc1ccc(F)cc1.O=C1NC(c2cncc(C#Cc3cc(Cl)cc(Cl)c3)c2)CO1. The van der Waals surface area contributed by atoms with E-state index in [9.17, 15) is 13.6 Å². The van der Waals surface area contributed by atoms with Crippen LogP contribution in [0.1, 0.15) is 22.7 Å². The van der Waals surface area contributed by atoms with Gasteiger partial charge in [0.05, 0.1) is 6.04 Å². The number of cyclic esters (lactones) is 1. The van der Waals surface area contributed by atoms with E-state index in [-0.39, 0.29) is 6.04 Å². The molecule has 1 atom stereocenters. The lowest BCUT2D eigenvalue weighted by molar-refractivity contribution is 0.177. The highest BCUT2D eigenvalue weighted by molar-refractivity contribution is 6.34. The monoisotopic (exact) mass is 446 g/mol. The molecule has 4 rings (SSSR count). The van der Waals surface area contributed by atoms with Gasteiger partial charge in [0.1, 0.15) is 18.2 Å². The van der Waals surface area contributed by atoms with Gasteiger partial charge in [-0.1, -0.05) is 35.0 Å². The molecule has 1 aliphatic rings. The molecule has 1 N–H and O–H groups in total. The molecule has 152 valence electrons. The van der Waals surface area contributed by atoms with Crippen LogP contribution in [-0.4, -0.2) is 17.7 Å². The fourth-order valence-corrected chi connectivity index (χ4v) is 3.01. The third-order valence-corrected chi connectivity index (χ3v) is 4.29. The summed E-state index contributed by atoms with van der Waals surface area (Å²) < 4.78 is 28.7. The summed E-state index contributed by atoms with van der Waals surface area (Å²) in [5, 5.41) is 3.77. The Morgan fingerprint density at radius 1 is 0.933 bits per heavy atom. The number of aromatic nitrogens is 1. The molecule has 0 spiro atoms. The summed E-state index contributed by atoms with van der Waals surface area (Å²) in [6, 6.07) is 11.1. The lowest BCUT2D eigenvalue weighted by Gasteiger charge is -2.06. The zero-order valence-electron chi connectivity index (χ0n) is 15.3. The molecular weight excluding hydrogens is 433 g/mol. The van der Waals surface area contributed by atoms with Crippen molar-refractivity contribution in [2.75, 3.05) is 6.61 Å². The number of ether oxygens (including phenoxy) is 1. The second-order valence-corrected chi connectivity index (χ2v) is 7.02. The van der Waals surface area contributed by atoms with E-state index in [0.717, 1.165) is 41.0 Å². The van der Waals surface area contributed by atoms with Gasteiger partial charge in [-0.15, -0.1) is 0 Å². The van der Waals surface area contributed by atoms with Crippen molar-refractivity contribution in [1.29, 1.82) is 0 Å². The molecule has 1 unspecified atom stereocenters. The van der Waals surface area contributed by atoms with Crippen molar-refractivity contribution in [3.05, 3.63) is 99.3 Å². The number of benzene rings is 2. The minimum Gasteiger partial charge on any atom is -0.447 e. The molecule has 1 amide bonds. The van der Waals surface area contributed by atoms with Crippen molar-refractivity contribution in [3.63, 3.8) is 0 Å². The van der Waals surface area contributed by atoms with Crippen LogP contribution in [0.3, 0.4) is 0 Å². The topological polar surface area (TPSA) is 51.2 Å². The number of carbonyl (C=O) groups excluding carboxylic acids is 1. The smallest absolute Gasteiger partial charge is 0.407 e. The minimum absolute atomic E-state index is 0.192. The summed E-state index contributed by atoms with van der Waals surface area (Å²) in [7, 11) is 0. The maximum Gasteiger partial charge on any atom is 0.407 e. The van der Waals surface area contributed by atoms with Crippen LogP contribution in [0.15, 0.2) is 60.9 Å². The highest BCUT2D eigenvalue weighted by atomic mass is 35.5. The Labute approximate surface area is 181 Å². The van der Waals surface area contributed by atoms with Gasteiger partial charge < -0.3 is 10.1 Å². The minimum atomic E-state index is -0.421. The van der Waals surface area contributed by atoms with Gasteiger partial charge in [0, 0.05) is 33.6 Å². The predicted octanol–water partition coefficient (Wildman–Crippen LogP) is 5.53. The maximum atomic E-state index is 11.9. The van der Waals surface area contributed by atoms with Gasteiger partial charge in [0.25, 0.3) is 0 Å². The van der Waals surface area contributed by atoms with Crippen LogP contribution < -0.4 is 5.32 Å². The maximum absolute atomic E-state index is 11.9. The molecule has 2 aromatic carbocycles. The molecule has 1 fully saturated rings. The van der Waals surface area contributed by atoms with Crippen LogP contribution in [0, 0.1) is 23.5 Å². The summed E-state index contributed by atoms with van der Waals surface area (Å²) >= 11 is 11.9. The molecule has 3 aromatic rings. The van der Waals surface area contributed by atoms with Crippen molar-refractivity contribution >= 4 is 29.3 Å². The van der Waals surface area contributed by atoms with Gasteiger partial charge >= 0.3 is 6.09 Å². The summed E-state index contributed by atoms with van der Waals surface area (Å²) in [6.07, 6.45) is 2.91. The standard InChI is InChI=1S/C16H10Cl2N2O2.C6H4F2/c17-13-4-10(5-14(18)6-13)1-2-11-3-12(8-19-7-11)15-9-22-16(21)20-15;7-5-1-2-6(8)4-3-5/h3-8,15H,9H2,(H,20,21);1-4H. The van der Waals surface area contributed by atoms with Crippen LogP contribution in [-0.2, 0) is 4.74 Å². The van der Waals surface area contributed by atoms with E-state index in [4.69, 9.17) is 27.9 Å². The molecule has 1 aliphatic heterocycles. The van der Waals surface area contributed by atoms with Crippen molar-refractivity contribution in [2.45, 2.75) is 6.04 Å². The number of nitrogens with one attached hydrogen (secondary N) is 1. The van der Waals surface area contributed by atoms with Gasteiger partial charge in [-0.3, -0.25) is 4.98 Å². The molecular formula is C22H14Cl2F2N2O2. The number of hydrogen-bond donors (Lipinski definition) is 1. The third-order valence-electron chi connectivity index (χ3n) is 3.85. The summed E-state index contributed by atoms with van der Waals surface area (Å²) in [4.78, 5) is 15.2. The summed E-state index contributed by atoms with van der Waals surface area (Å²) in [5.74, 6) is 5.18. The van der Waals surface area contributed by atoms with Crippen LogP contribution >= 0.6 is 23.2 Å². The Kier molecular flexibility index (Phi) is 7.23. The summed E-state index contributed by atoms with van der Waals surface area (Å²) in [5.41, 5.74) is 2.30. The molecule has 1 saturated heterocycles. The fraction of sp³-hybridized carbons (Fsp3) is 0.0909. The highest BCUT2D eigenvalue weighted by Crippen LogP contribution is 2.19. The predicted molar refractivity (Wildman–Crippen MR) is 110 cm³/mol. The van der Waals surface area contributed by atoms with Gasteiger partial charge in [0.15, 0.2) is 0 Å². The van der Waals surface area contributed by atoms with Crippen molar-refractivity contribution in [2.24, 2.45) is 0 Å². The number of nitrogens with zero attached hydrogens (tertiary/aromatic N) is 1. The van der Waals surface area contributed by atoms with E-state index in [1.54, 1.807) is 30.6 Å².